The Morgan fingerprint density at radius 2 is 1.93 bits per heavy atom. The Morgan fingerprint density at radius 3 is 2.40 bits per heavy atom. The third-order valence-electron chi connectivity index (χ3n) is 2.10. The van der Waals surface area contributed by atoms with E-state index in [1.807, 2.05) is 18.8 Å². The largest absolute Gasteiger partial charge is 0.339 e. The molecule has 1 aromatic heterocycles. The Morgan fingerprint density at radius 1 is 1.33 bits per heavy atom. The van der Waals surface area contributed by atoms with Crippen molar-refractivity contribution >= 4 is 5.91 Å². The molecule has 82 valence electrons. The lowest BCUT2D eigenvalue weighted by Crippen LogP contribution is -2.36. The fraction of sp³-hybridized carbons (Fsp3) is 0.444. The van der Waals surface area contributed by atoms with Crippen molar-refractivity contribution in [2.75, 3.05) is 13.1 Å². The van der Waals surface area contributed by atoms with Gasteiger partial charge >= 0.3 is 5.69 Å². The number of aromatic amines is 2. The summed E-state index contributed by atoms with van der Waals surface area (Å²) in [4.78, 5) is 39.5. The van der Waals surface area contributed by atoms with Gasteiger partial charge in [0.2, 0.25) is 0 Å². The van der Waals surface area contributed by atoms with Crippen molar-refractivity contribution in [3.05, 3.63) is 32.6 Å². The number of nitrogens with zero attached hydrogens (tertiary/aromatic N) is 1. The summed E-state index contributed by atoms with van der Waals surface area (Å²) in [6, 6.07) is 0. The highest BCUT2D eigenvalue weighted by Crippen LogP contribution is 1.96. The smallest absolute Gasteiger partial charge is 0.325 e. The Hall–Kier alpha value is -1.85. The number of amides is 1. The Bertz CT molecular complexity index is 456. The van der Waals surface area contributed by atoms with Crippen LogP contribution in [0.5, 0.6) is 0 Å². The molecule has 0 saturated carbocycles. The molecule has 0 aromatic carbocycles. The Labute approximate surface area is 85.9 Å². The first-order valence-electron chi connectivity index (χ1n) is 4.71. The van der Waals surface area contributed by atoms with E-state index in [4.69, 9.17) is 0 Å². The zero-order valence-corrected chi connectivity index (χ0v) is 8.66. The quantitative estimate of drug-likeness (QED) is 0.709. The van der Waals surface area contributed by atoms with E-state index in [0.717, 1.165) is 6.20 Å². The van der Waals surface area contributed by atoms with E-state index >= 15 is 0 Å². The summed E-state index contributed by atoms with van der Waals surface area (Å²) in [6.45, 7) is 4.68. The van der Waals surface area contributed by atoms with Gasteiger partial charge in [-0.3, -0.25) is 14.6 Å². The monoisotopic (exact) mass is 211 g/mol. The summed E-state index contributed by atoms with van der Waals surface area (Å²) in [5, 5.41) is 0. The average molecular weight is 211 g/mol. The van der Waals surface area contributed by atoms with Crippen LogP contribution < -0.4 is 11.2 Å². The van der Waals surface area contributed by atoms with Crippen LogP contribution in [0.2, 0.25) is 0 Å². The standard InChI is InChI=1S/C9H13N3O3/c1-3-12(4-2)8(14)6-5-10-9(15)11-7(6)13/h5H,3-4H2,1-2H3,(H2,10,11,13,15). The van der Waals surface area contributed by atoms with Gasteiger partial charge in [0.15, 0.2) is 0 Å². The Balaban J connectivity index is 3.11. The molecule has 1 heterocycles. The van der Waals surface area contributed by atoms with Crippen LogP contribution in [0.4, 0.5) is 0 Å². The summed E-state index contributed by atoms with van der Waals surface area (Å²) in [7, 11) is 0. The summed E-state index contributed by atoms with van der Waals surface area (Å²) >= 11 is 0. The minimum atomic E-state index is -0.657. The SMILES string of the molecule is CCN(CC)C(=O)c1c[nH]c(=O)[nH]c1=O. The molecule has 1 rings (SSSR count). The third-order valence-corrected chi connectivity index (χ3v) is 2.10. The molecule has 2 N–H and O–H groups in total. The predicted octanol–water partition coefficient (Wildman–Crippen LogP) is -0.455. The van der Waals surface area contributed by atoms with E-state index < -0.39 is 11.2 Å². The van der Waals surface area contributed by atoms with Crippen molar-refractivity contribution in [1.29, 1.82) is 0 Å². The predicted molar refractivity (Wildman–Crippen MR) is 54.9 cm³/mol. The van der Waals surface area contributed by atoms with Gasteiger partial charge in [-0.05, 0) is 13.8 Å². The molecule has 0 unspecified atom stereocenters. The van der Waals surface area contributed by atoms with Crippen molar-refractivity contribution in [3.63, 3.8) is 0 Å². The summed E-state index contributed by atoms with van der Waals surface area (Å²) < 4.78 is 0. The van der Waals surface area contributed by atoms with Crippen molar-refractivity contribution in [3.8, 4) is 0 Å². The molecule has 1 aromatic rings. The molecule has 0 atom stereocenters. The van der Waals surface area contributed by atoms with Crippen molar-refractivity contribution in [2.45, 2.75) is 13.8 Å². The lowest BCUT2D eigenvalue weighted by molar-refractivity contribution is 0.0770. The Kier molecular flexibility index (Phi) is 3.43. The molecule has 0 bridgehead atoms. The van der Waals surface area contributed by atoms with Crippen LogP contribution in [-0.2, 0) is 0 Å². The van der Waals surface area contributed by atoms with Crippen LogP contribution in [0.1, 0.15) is 24.2 Å². The number of H-pyrrole nitrogens is 2. The maximum atomic E-state index is 11.7. The number of nitrogens with one attached hydrogen (secondary N) is 2. The molecule has 0 aliphatic carbocycles. The molecule has 6 heteroatoms. The highest BCUT2D eigenvalue weighted by molar-refractivity contribution is 5.93. The molecule has 1 amide bonds. The van der Waals surface area contributed by atoms with Gasteiger partial charge in [0.05, 0.1) is 0 Å². The zero-order valence-electron chi connectivity index (χ0n) is 8.66. The molecule has 0 spiro atoms. The van der Waals surface area contributed by atoms with Gasteiger partial charge in [-0.1, -0.05) is 0 Å². The highest BCUT2D eigenvalue weighted by atomic mass is 16.2. The fourth-order valence-corrected chi connectivity index (χ4v) is 1.25. The van der Waals surface area contributed by atoms with E-state index in [0.29, 0.717) is 13.1 Å². The molecule has 0 aliphatic rings. The van der Waals surface area contributed by atoms with Crippen LogP contribution in [0.3, 0.4) is 0 Å². The molecule has 0 saturated heterocycles. The summed E-state index contributed by atoms with van der Waals surface area (Å²) in [6.07, 6.45) is 1.14. The first-order valence-corrected chi connectivity index (χ1v) is 4.71. The number of rotatable bonds is 3. The summed E-state index contributed by atoms with van der Waals surface area (Å²) in [5.74, 6) is -0.377. The lowest BCUT2D eigenvalue weighted by atomic mass is 10.3. The number of hydrogen-bond acceptors (Lipinski definition) is 3. The van der Waals surface area contributed by atoms with E-state index in [-0.39, 0.29) is 11.5 Å². The highest BCUT2D eigenvalue weighted by Gasteiger charge is 2.15. The van der Waals surface area contributed by atoms with Gasteiger partial charge in [0.25, 0.3) is 11.5 Å². The maximum absolute atomic E-state index is 11.7. The van der Waals surface area contributed by atoms with Gasteiger partial charge in [-0.15, -0.1) is 0 Å². The second kappa shape index (κ2) is 4.59. The topological polar surface area (TPSA) is 86.0 Å². The first kappa shape index (κ1) is 11.2. The van der Waals surface area contributed by atoms with Crippen LogP contribution in [0, 0.1) is 0 Å². The number of carbonyl (C=O) groups is 1. The second-order valence-corrected chi connectivity index (χ2v) is 2.96. The van der Waals surface area contributed by atoms with Crippen LogP contribution >= 0.6 is 0 Å². The molecule has 6 nitrogen and oxygen atoms in total. The normalized spacial score (nSPS) is 10.0. The minimum absolute atomic E-state index is 0.0432. The van der Waals surface area contributed by atoms with E-state index in [9.17, 15) is 14.4 Å². The maximum Gasteiger partial charge on any atom is 0.325 e. The van der Waals surface area contributed by atoms with Crippen molar-refractivity contribution in [1.82, 2.24) is 14.9 Å². The minimum Gasteiger partial charge on any atom is -0.339 e. The van der Waals surface area contributed by atoms with Gasteiger partial charge in [0.1, 0.15) is 5.56 Å². The second-order valence-electron chi connectivity index (χ2n) is 2.96. The van der Waals surface area contributed by atoms with Gasteiger partial charge in [0, 0.05) is 19.3 Å². The lowest BCUT2D eigenvalue weighted by Gasteiger charge is -2.17. The number of carbonyl (C=O) groups excluding carboxylic acids is 1. The number of hydrogen-bond donors (Lipinski definition) is 2. The van der Waals surface area contributed by atoms with Crippen LogP contribution in [0.15, 0.2) is 15.8 Å². The van der Waals surface area contributed by atoms with Gasteiger partial charge < -0.3 is 9.88 Å². The first-order chi connectivity index (χ1) is 7.10. The van der Waals surface area contributed by atoms with E-state index in [1.165, 1.54) is 4.90 Å². The third kappa shape index (κ3) is 2.34. The molecular weight excluding hydrogens is 198 g/mol. The average Bonchev–Trinajstić information content (AvgIpc) is 2.19. The molecular formula is C9H13N3O3. The fourth-order valence-electron chi connectivity index (χ4n) is 1.25. The molecule has 15 heavy (non-hydrogen) atoms. The van der Waals surface area contributed by atoms with Crippen LogP contribution in [-0.4, -0.2) is 33.9 Å². The van der Waals surface area contributed by atoms with Crippen molar-refractivity contribution < 1.29 is 4.79 Å². The van der Waals surface area contributed by atoms with E-state index in [2.05, 4.69) is 4.98 Å². The molecule has 0 radical (unpaired) electrons. The summed E-state index contributed by atoms with van der Waals surface area (Å²) in [5.41, 5.74) is -1.31. The molecule has 0 fully saturated rings. The van der Waals surface area contributed by atoms with Crippen LogP contribution in [0.25, 0.3) is 0 Å². The number of aromatic nitrogens is 2. The van der Waals surface area contributed by atoms with E-state index in [1.54, 1.807) is 0 Å². The zero-order chi connectivity index (χ0) is 11.4. The van der Waals surface area contributed by atoms with Gasteiger partial charge in [-0.25, -0.2) is 4.79 Å². The van der Waals surface area contributed by atoms with Gasteiger partial charge in [-0.2, -0.15) is 0 Å². The molecule has 0 aliphatic heterocycles. The van der Waals surface area contributed by atoms with Crippen molar-refractivity contribution in [2.24, 2.45) is 0 Å².